The molecule has 0 aliphatic carbocycles. The van der Waals surface area contributed by atoms with Crippen molar-refractivity contribution in [3.8, 4) is 5.75 Å². The first-order valence-electron chi connectivity index (χ1n) is 7.04. The molecule has 0 radical (unpaired) electrons. The molecule has 25 heavy (non-hydrogen) atoms. The Morgan fingerprint density at radius 2 is 1.72 bits per heavy atom. The van der Waals surface area contributed by atoms with Crippen LogP contribution in [-0.4, -0.2) is 17.9 Å². The molecule has 2 aromatic rings. The quantitative estimate of drug-likeness (QED) is 0.372. The summed E-state index contributed by atoms with van der Waals surface area (Å²) in [6.45, 7) is 0. The van der Waals surface area contributed by atoms with E-state index in [1.54, 1.807) is 30.3 Å². The Labute approximate surface area is 152 Å². The van der Waals surface area contributed by atoms with Gasteiger partial charge in [-0.3, -0.25) is 10.1 Å². The fourth-order valence-corrected chi connectivity index (χ4v) is 2.58. The van der Waals surface area contributed by atoms with Gasteiger partial charge < -0.3 is 10.1 Å². The molecule has 0 spiro atoms. The van der Waals surface area contributed by atoms with Crippen LogP contribution in [0.2, 0.25) is 10.0 Å². The van der Waals surface area contributed by atoms with Gasteiger partial charge in [0.1, 0.15) is 11.4 Å². The Balaban J connectivity index is 1.72. The highest BCUT2D eigenvalue weighted by molar-refractivity contribution is 6.36. The molecular formula is C17H10Cl2N2O4. The van der Waals surface area contributed by atoms with Gasteiger partial charge in [0.2, 0.25) is 0 Å². The first kappa shape index (κ1) is 17.0. The number of halogens is 2. The lowest BCUT2D eigenvalue weighted by Gasteiger charge is -2.06. The van der Waals surface area contributed by atoms with E-state index in [4.69, 9.17) is 27.9 Å². The van der Waals surface area contributed by atoms with E-state index in [0.717, 1.165) is 0 Å². The van der Waals surface area contributed by atoms with Gasteiger partial charge in [-0.2, -0.15) is 0 Å². The molecule has 3 rings (SSSR count). The number of benzene rings is 2. The minimum Gasteiger partial charge on any atom is -0.423 e. The number of nitrogens with one attached hydrogen (secondary N) is 2. The lowest BCUT2D eigenvalue weighted by molar-refractivity contribution is -0.115. The van der Waals surface area contributed by atoms with E-state index in [-0.39, 0.29) is 16.3 Å². The maximum Gasteiger partial charge on any atom is 0.345 e. The van der Waals surface area contributed by atoms with Crippen LogP contribution in [0.3, 0.4) is 0 Å². The van der Waals surface area contributed by atoms with Crippen molar-refractivity contribution in [2.45, 2.75) is 0 Å². The standard InChI is InChI=1S/C17H10Cl2N2O4/c18-10-3-6-12(13(19)8-10)16(23)25-11-4-1-9(2-5-11)7-14-15(22)21-17(24)20-14/h1-8H,(H2,20,21,22,24)/b14-7-. The molecule has 126 valence electrons. The molecule has 2 N–H and O–H groups in total. The average molecular weight is 377 g/mol. The van der Waals surface area contributed by atoms with Gasteiger partial charge in [0.05, 0.1) is 10.6 Å². The van der Waals surface area contributed by atoms with Crippen molar-refractivity contribution in [3.63, 3.8) is 0 Å². The number of esters is 1. The van der Waals surface area contributed by atoms with E-state index in [9.17, 15) is 14.4 Å². The fraction of sp³-hybridized carbons (Fsp3) is 0. The lowest BCUT2D eigenvalue weighted by Crippen LogP contribution is -2.22. The largest absolute Gasteiger partial charge is 0.423 e. The van der Waals surface area contributed by atoms with Gasteiger partial charge in [-0.1, -0.05) is 35.3 Å². The number of amides is 3. The summed E-state index contributed by atoms with van der Waals surface area (Å²) in [5, 5.41) is 5.10. The van der Waals surface area contributed by atoms with Crippen LogP contribution in [0.25, 0.3) is 6.08 Å². The minimum absolute atomic E-state index is 0.141. The van der Waals surface area contributed by atoms with Gasteiger partial charge in [-0.25, -0.2) is 9.59 Å². The van der Waals surface area contributed by atoms with E-state index in [0.29, 0.717) is 16.3 Å². The van der Waals surface area contributed by atoms with Crippen LogP contribution in [-0.2, 0) is 4.79 Å². The van der Waals surface area contributed by atoms with Crippen molar-refractivity contribution >= 4 is 47.2 Å². The third-order valence-electron chi connectivity index (χ3n) is 3.27. The Hall–Kier alpha value is -2.83. The molecule has 1 heterocycles. The first-order valence-corrected chi connectivity index (χ1v) is 7.79. The molecule has 6 nitrogen and oxygen atoms in total. The fourth-order valence-electron chi connectivity index (χ4n) is 2.10. The summed E-state index contributed by atoms with van der Waals surface area (Å²) in [7, 11) is 0. The molecule has 1 saturated heterocycles. The zero-order valence-electron chi connectivity index (χ0n) is 12.5. The topological polar surface area (TPSA) is 84.5 Å². The summed E-state index contributed by atoms with van der Waals surface area (Å²) in [5.41, 5.74) is 0.988. The number of hydrogen-bond acceptors (Lipinski definition) is 4. The molecule has 0 aromatic heterocycles. The van der Waals surface area contributed by atoms with Crippen LogP contribution in [0, 0.1) is 0 Å². The maximum absolute atomic E-state index is 12.1. The van der Waals surface area contributed by atoms with E-state index >= 15 is 0 Å². The minimum atomic E-state index is -0.616. The van der Waals surface area contributed by atoms with Gasteiger partial charge in [-0.15, -0.1) is 0 Å². The number of ether oxygens (including phenoxy) is 1. The van der Waals surface area contributed by atoms with Crippen molar-refractivity contribution in [3.05, 3.63) is 69.3 Å². The van der Waals surface area contributed by atoms with Crippen molar-refractivity contribution in [1.29, 1.82) is 0 Å². The van der Waals surface area contributed by atoms with Crippen molar-refractivity contribution in [2.75, 3.05) is 0 Å². The number of imide groups is 1. The average Bonchev–Trinajstić information content (AvgIpc) is 2.86. The molecule has 0 unspecified atom stereocenters. The van der Waals surface area contributed by atoms with E-state index in [1.165, 1.54) is 18.2 Å². The highest BCUT2D eigenvalue weighted by Gasteiger charge is 2.22. The van der Waals surface area contributed by atoms with Gasteiger partial charge in [0.25, 0.3) is 5.91 Å². The number of carbonyl (C=O) groups is 3. The van der Waals surface area contributed by atoms with Gasteiger partial charge >= 0.3 is 12.0 Å². The molecule has 0 bridgehead atoms. The molecule has 0 saturated carbocycles. The van der Waals surface area contributed by atoms with Crippen LogP contribution in [0.5, 0.6) is 5.75 Å². The number of rotatable bonds is 3. The van der Waals surface area contributed by atoms with Gasteiger partial charge in [-0.05, 0) is 42.0 Å². The second-order valence-corrected chi connectivity index (χ2v) is 5.89. The third kappa shape index (κ3) is 3.99. The second-order valence-electron chi connectivity index (χ2n) is 5.05. The predicted octanol–water partition coefficient (Wildman–Crippen LogP) is 3.39. The molecule has 1 aliphatic rings. The predicted molar refractivity (Wildman–Crippen MR) is 92.5 cm³/mol. The zero-order chi connectivity index (χ0) is 18.0. The van der Waals surface area contributed by atoms with Gasteiger partial charge in [0, 0.05) is 5.02 Å². The second kappa shape index (κ2) is 6.96. The Bertz CT molecular complexity index is 907. The molecule has 1 aliphatic heterocycles. The summed E-state index contributed by atoms with van der Waals surface area (Å²) in [5.74, 6) is -0.814. The van der Waals surface area contributed by atoms with Gasteiger partial charge in [0.15, 0.2) is 0 Å². The van der Waals surface area contributed by atoms with Crippen molar-refractivity contribution in [1.82, 2.24) is 10.6 Å². The Kier molecular flexibility index (Phi) is 4.74. The summed E-state index contributed by atoms with van der Waals surface area (Å²) in [4.78, 5) is 34.6. The SMILES string of the molecule is O=C1NC(=O)/C(=C/c2ccc(OC(=O)c3ccc(Cl)cc3Cl)cc2)N1. The Morgan fingerprint density at radius 3 is 2.32 bits per heavy atom. The third-order valence-corrected chi connectivity index (χ3v) is 3.82. The van der Waals surface area contributed by atoms with E-state index < -0.39 is 17.9 Å². The molecule has 3 amide bonds. The summed E-state index contributed by atoms with van der Waals surface area (Å²) in [6, 6.07) is 10.3. The smallest absolute Gasteiger partial charge is 0.345 e. The highest BCUT2D eigenvalue weighted by Crippen LogP contribution is 2.23. The van der Waals surface area contributed by atoms with E-state index in [1.807, 2.05) is 0 Å². The molecule has 0 atom stereocenters. The van der Waals surface area contributed by atoms with Crippen molar-refractivity contribution < 1.29 is 19.1 Å². The highest BCUT2D eigenvalue weighted by atomic mass is 35.5. The summed E-state index contributed by atoms with van der Waals surface area (Å²) >= 11 is 11.8. The molecular weight excluding hydrogens is 367 g/mol. The lowest BCUT2D eigenvalue weighted by atomic mass is 10.2. The molecule has 1 fully saturated rings. The van der Waals surface area contributed by atoms with E-state index in [2.05, 4.69) is 10.6 Å². The number of urea groups is 1. The van der Waals surface area contributed by atoms with Crippen LogP contribution in [0.4, 0.5) is 4.79 Å². The first-order chi connectivity index (χ1) is 11.9. The van der Waals surface area contributed by atoms with Crippen molar-refractivity contribution in [2.24, 2.45) is 0 Å². The van der Waals surface area contributed by atoms with Crippen LogP contribution in [0.1, 0.15) is 15.9 Å². The monoisotopic (exact) mass is 376 g/mol. The number of carbonyl (C=O) groups excluding carboxylic acids is 3. The summed E-state index contributed by atoms with van der Waals surface area (Å²) in [6.07, 6.45) is 1.50. The van der Waals surface area contributed by atoms with Crippen LogP contribution in [0.15, 0.2) is 48.2 Å². The van der Waals surface area contributed by atoms with Crippen LogP contribution >= 0.6 is 23.2 Å². The maximum atomic E-state index is 12.1. The zero-order valence-corrected chi connectivity index (χ0v) is 14.0. The van der Waals surface area contributed by atoms with Crippen LogP contribution < -0.4 is 15.4 Å². The normalized spacial score (nSPS) is 15.0. The summed E-state index contributed by atoms with van der Waals surface area (Å²) < 4.78 is 5.25. The number of hydrogen-bond donors (Lipinski definition) is 2. The Morgan fingerprint density at radius 1 is 1.00 bits per heavy atom. The molecule has 2 aromatic carbocycles. The molecule has 8 heteroatoms.